The molecule has 1 saturated heterocycles. The van der Waals surface area contributed by atoms with E-state index in [4.69, 9.17) is 4.74 Å². The fraction of sp³-hybridized carbons (Fsp3) is 0.538. The van der Waals surface area contributed by atoms with E-state index in [-0.39, 0.29) is 16.1 Å². The third-order valence-electron chi connectivity index (χ3n) is 3.54. The molecule has 1 aromatic rings. The minimum atomic E-state index is -0.338. The lowest BCUT2D eigenvalue weighted by atomic mass is 9.92. The van der Waals surface area contributed by atoms with Crippen molar-refractivity contribution in [3.63, 3.8) is 0 Å². The summed E-state index contributed by atoms with van der Waals surface area (Å²) in [7, 11) is 0. The zero-order valence-corrected chi connectivity index (χ0v) is 12.4. The topological polar surface area (TPSA) is 64.4 Å². The molecule has 1 fully saturated rings. The minimum Gasteiger partial charge on any atom is -0.381 e. The molecule has 104 valence electrons. The van der Waals surface area contributed by atoms with Crippen LogP contribution in [0.5, 0.6) is 0 Å². The Labute approximate surface area is 120 Å². The number of nitro benzene ring substituents is 1. The van der Waals surface area contributed by atoms with Crippen molar-refractivity contribution in [2.45, 2.75) is 31.8 Å². The maximum absolute atomic E-state index is 11.0. The first-order valence-electron chi connectivity index (χ1n) is 6.26. The van der Waals surface area contributed by atoms with E-state index < -0.39 is 0 Å². The molecule has 1 aliphatic rings. The van der Waals surface area contributed by atoms with Gasteiger partial charge >= 0.3 is 0 Å². The van der Waals surface area contributed by atoms with Gasteiger partial charge in [-0.3, -0.25) is 10.1 Å². The lowest BCUT2D eigenvalue weighted by Crippen LogP contribution is -2.46. The summed E-state index contributed by atoms with van der Waals surface area (Å²) in [5.41, 5.74) is 0.854. The van der Waals surface area contributed by atoms with Gasteiger partial charge in [0.25, 0.3) is 5.69 Å². The fourth-order valence-corrected chi connectivity index (χ4v) is 2.59. The van der Waals surface area contributed by atoms with Crippen molar-refractivity contribution in [2.75, 3.05) is 13.2 Å². The highest BCUT2D eigenvalue weighted by Gasteiger charge is 2.27. The molecule has 5 nitrogen and oxygen atoms in total. The van der Waals surface area contributed by atoms with Crippen LogP contribution >= 0.6 is 15.9 Å². The van der Waals surface area contributed by atoms with Crippen molar-refractivity contribution >= 4 is 21.6 Å². The van der Waals surface area contributed by atoms with Crippen molar-refractivity contribution in [2.24, 2.45) is 0 Å². The summed E-state index contributed by atoms with van der Waals surface area (Å²) in [6.07, 6.45) is 1.85. The van der Waals surface area contributed by atoms with E-state index in [1.165, 1.54) is 6.07 Å². The van der Waals surface area contributed by atoms with Gasteiger partial charge in [0.2, 0.25) is 0 Å². The Morgan fingerprint density at radius 1 is 1.47 bits per heavy atom. The Kier molecular flexibility index (Phi) is 4.54. The first-order chi connectivity index (χ1) is 9.00. The summed E-state index contributed by atoms with van der Waals surface area (Å²) >= 11 is 3.35. The summed E-state index contributed by atoms with van der Waals surface area (Å²) in [6.45, 7) is 4.11. The summed E-state index contributed by atoms with van der Waals surface area (Å²) in [5, 5.41) is 14.4. The maximum atomic E-state index is 11.0. The van der Waals surface area contributed by atoms with E-state index in [2.05, 4.69) is 28.2 Å². The van der Waals surface area contributed by atoms with Gasteiger partial charge in [-0.1, -0.05) is 15.9 Å². The molecule has 1 aromatic carbocycles. The molecule has 1 heterocycles. The van der Waals surface area contributed by atoms with Crippen LogP contribution in [0.15, 0.2) is 22.7 Å². The minimum absolute atomic E-state index is 0.00552. The lowest BCUT2D eigenvalue weighted by Gasteiger charge is -2.34. The second-order valence-electron chi connectivity index (χ2n) is 5.06. The third-order valence-corrected chi connectivity index (χ3v) is 4.03. The van der Waals surface area contributed by atoms with Gasteiger partial charge < -0.3 is 10.1 Å². The van der Waals surface area contributed by atoms with Gasteiger partial charge in [0.15, 0.2) is 0 Å². The van der Waals surface area contributed by atoms with Crippen LogP contribution in [0, 0.1) is 10.1 Å². The van der Waals surface area contributed by atoms with Gasteiger partial charge in [-0.25, -0.2) is 0 Å². The molecule has 0 atom stereocenters. The second kappa shape index (κ2) is 5.98. The van der Waals surface area contributed by atoms with Gasteiger partial charge in [-0.05, 0) is 31.9 Å². The zero-order chi connectivity index (χ0) is 13.9. The zero-order valence-electron chi connectivity index (χ0n) is 10.8. The van der Waals surface area contributed by atoms with Crippen LogP contribution < -0.4 is 5.32 Å². The van der Waals surface area contributed by atoms with Gasteiger partial charge in [-0.15, -0.1) is 0 Å². The lowest BCUT2D eigenvalue weighted by molar-refractivity contribution is -0.385. The highest BCUT2D eigenvalue weighted by Crippen LogP contribution is 2.25. The summed E-state index contributed by atoms with van der Waals surface area (Å²) in [4.78, 5) is 10.7. The normalized spacial score (nSPS) is 18.2. The molecule has 0 saturated carbocycles. The van der Waals surface area contributed by atoms with Crippen LogP contribution in [-0.2, 0) is 11.3 Å². The van der Waals surface area contributed by atoms with Gasteiger partial charge in [0, 0.05) is 41.4 Å². The fourth-order valence-electron chi connectivity index (χ4n) is 2.18. The van der Waals surface area contributed by atoms with E-state index in [1.807, 2.05) is 0 Å². The molecule has 0 unspecified atom stereocenters. The number of benzene rings is 1. The second-order valence-corrected chi connectivity index (χ2v) is 5.97. The molecular formula is C13H17BrN2O3. The molecule has 0 bridgehead atoms. The number of hydrogen-bond acceptors (Lipinski definition) is 4. The molecule has 2 rings (SSSR count). The maximum Gasteiger partial charge on any atom is 0.273 e. The smallest absolute Gasteiger partial charge is 0.273 e. The molecule has 1 N–H and O–H groups in total. The van der Waals surface area contributed by atoms with E-state index >= 15 is 0 Å². The molecule has 19 heavy (non-hydrogen) atoms. The van der Waals surface area contributed by atoms with Crippen LogP contribution in [0.4, 0.5) is 5.69 Å². The highest BCUT2D eigenvalue weighted by atomic mass is 79.9. The van der Waals surface area contributed by atoms with Crippen molar-refractivity contribution in [1.29, 1.82) is 0 Å². The largest absolute Gasteiger partial charge is 0.381 e. The average molecular weight is 329 g/mol. The predicted molar refractivity (Wildman–Crippen MR) is 76.1 cm³/mol. The number of halogens is 1. The number of nitrogens with one attached hydrogen (secondary N) is 1. The van der Waals surface area contributed by atoms with Crippen LogP contribution in [0.25, 0.3) is 0 Å². The molecule has 0 spiro atoms. The van der Waals surface area contributed by atoms with Crippen LogP contribution in [-0.4, -0.2) is 23.7 Å². The van der Waals surface area contributed by atoms with Crippen molar-refractivity contribution < 1.29 is 9.66 Å². The van der Waals surface area contributed by atoms with Gasteiger partial charge in [0.05, 0.1) is 4.92 Å². The Morgan fingerprint density at radius 3 is 2.79 bits per heavy atom. The summed E-state index contributed by atoms with van der Waals surface area (Å²) in [6, 6.07) is 5.03. The molecular weight excluding hydrogens is 312 g/mol. The van der Waals surface area contributed by atoms with Crippen molar-refractivity contribution in [3.8, 4) is 0 Å². The Morgan fingerprint density at radius 2 is 2.16 bits per heavy atom. The van der Waals surface area contributed by atoms with Crippen molar-refractivity contribution in [1.82, 2.24) is 5.32 Å². The first kappa shape index (κ1) is 14.4. The van der Waals surface area contributed by atoms with Crippen molar-refractivity contribution in [3.05, 3.63) is 38.3 Å². The number of rotatable bonds is 4. The van der Waals surface area contributed by atoms with Crippen LogP contribution in [0.2, 0.25) is 0 Å². The molecule has 1 aliphatic heterocycles. The van der Waals surface area contributed by atoms with E-state index in [0.717, 1.165) is 30.5 Å². The summed E-state index contributed by atoms with van der Waals surface area (Å²) in [5.74, 6) is 0. The Hall–Kier alpha value is -0.980. The highest BCUT2D eigenvalue weighted by molar-refractivity contribution is 9.10. The molecule has 0 aliphatic carbocycles. The average Bonchev–Trinajstić information content (AvgIpc) is 2.37. The summed E-state index contributed by atoms with van der Waals surface area (Å²) < 4.78 is 6.20. The number of ether oxygens (including phenoxy) is 1. The predicted octanol–water partition coefficient (Wildman–Crippen LogP) is 3.02. The number of nitrogens with zero attached hydrogens (tertiary/aromatic N) is 1. The van der Waals surface area contributed by atoms with Gasteiger partial charge in [0.1, 0.15) is 0 Å². The number of nitro groups is 1. The SMILES string of the molecule is CC1(NCc2cc(Br)ccc2[N+](=O)[O-])CCOCC1. The molecule has 0 amide bonds. The van der Waals surface area contributed by atoms with Crippen LogP contribution in [0.1, 0.15) is 25.3 Å². The molecule has 0 aromatic heterocycles. The Bertz CT molecular complexity index is 473. The third kappa shape index (κ3) is 3.75. The standard InChI is InChI=1S/C13H17BrN2O3/c1-13(4-6-19-7-5-13)15-9-10-8-11(14)2-3-12(10)16(17)18/h2-3,8,15H,4-7,9H2,1H3. The van der Waals surface area contributed by atoms with E-state index in [0.29, 0.717) is 12.1 Å². The Balaban J connectivity index is 2.10. The van der Waals surface area contributed by atoms with Crippen LogP contribution in [0.3, 0.4) is 0 Å². The van der Waals surface area contributed by atoms with Gasteiger partial charge in [-0.2, -0.15) is 0 Å². The molecule has 0 radical (unpaired) electrons. The number of hydrogen-bond donors (Lipinski definition) is 1. The monoisotopic (exact) mass is 328 g/mol. The first-order valence-corrected chi connectivity index (χ1v) is 7.05. The quantitative estimate of drug-likeness (QED) is 0.681. The molecule has 6 heteroatoms. The van der Waals surface area contributed by atoms with E-state index in [9.17, 15) is 10.1 Å². The van der Waals surface area contributed by atoms with E-state index in [1.54, 1.807) is 12.1 Å².